The van der Waals surface area contributed by atoms with Crippen LogP contribution in [0.5, 0.6) is 0 Å². The van der Waals surface area contributed by atoms with Gasteiger partial charge in [0.15, 0.2) is 0 Å². The minimum Gasteiger partial charge on any atom is -0.351 e. The average Bonchev–Trinajstić information content (AvgIpc) is 2.49. The lowest BCUT2D eigenvalue weighted by atomic mass is 10.1. The van der Waals surface area contributed by atoms with Crippen molar-refractivity contribution < 1.29 is 4.79 Å². The Morgan fingerprint density at radius 1 is 1.31 bits per heavy atom. The number of carbonyl (C=O) groups is 1. The second kappa shape index (κ2) is 3.09. The van der Waals surface area contributed by atoms with Crippen molar-refractivity contribution in [2.45, 2.75) is 19.3 Å². The number of urea groups is 1. The van der Waals surface area contributed by atoms with Crippen LogP contribution in [0.15, 0.2) is 18.2 Å². The van der Waals surface area contributed by atoms with E-state index >= 15 is 0 Å². The number of fused-ring (bicyclic) bond motifs is 1. The number of hydrogen-bond acceptors (Lipinski definition) is 1. The maximum absolute atomic E-state index is 10.6. The normalized spacial score (nSPS) is 13.8. The molecule has 1 aromatic carbocycles. The van der Waals surface area contributed by atoms with Crippen molar-refractivity contribution in [1.82, 2.24) is 0 Å². The highest BCUT2D eigenvalue weighted by Gasteiger charge is 2.10. The van der Waals surface area contributed by atoms with Gasteiger partial charge in [-0.3, -0.25) is 0 Å². The van der Waals surface area contributed by atoms with E-state index in [9.17, 15) is 4.79 Å². The molecule has 3 nitrogen and oxygen atoms in total. The zero-order valence-electron chi connectivity index (χ0n) is 7.34. The van der Waals surface area contributed by atoms with Gasteiger partial charge in [0, 0.05) is 5.69 Å². The first-order valence-corrected chi connectivity index (χ1v) is 4.44. The molecule has 0 aromatic heterocycles. The molecule has 0 heterocycles. The summed E-state index contributed by atoms with van der Waals surface area (Å²) in [7, 11) is 0. The lowest BCUT2D eigenvalue weighted by molar-refractivity contribution is 0.259. The van der Waals surface area contributed by atoms with Gasteiger partial charge in [0.2, 0.25) is 0 Å². The molecule has 0 aliphatic heterocycles. The molecule has 0 fully saturated rings. The fraction of sp³-hybridized carbons (Fsp3) is 0.300. The number of aryl methyl sites for hydroxylation is 2. The predicted octanol–water partition coefficient (Wildman–Crippen LogP) is 1.67. The van der Waals surface area contributed by atoms with Gasteiger partial charge < -0.3 is 11.1 Å². The lowest BCUT2D eigenvalue weighted by Crippen LogP contribution is -2.19. The van der Waals surface area contributed by atoms with Gasteiger partial charge in [-0.15, -0.1) is 0 Å². The molecule has 0 unspecified atom stereocenters. The molecular weight excluding hydrogens is 164 g/mol. The molecule has 1 aromatic rings. The largest absolute Gasteiger partial charge is 0.351 e. The molecule has 0 bridgehead atoms. The summed E-state index contributed by atoms with van der Waals surface area (Å²) in [5.41, 5.74) is 8.56. The fourth-order valence-electron chi connectivity index (χ4n) is 1.79. The highest BCUT2D eigenvalue weighted by atomic mass is 16.2. The summed E-state index contributed by atoms with van der Waals surface area (Å²) in [6.45, 7) is 0. The van der Waals surface area contributed by atoms with Crippen LogP contribution in [0.4, 0.5) is 10.5 Å². The summed E-state index contributed by atoms with van der Waals surface area (Å²) in [6, 6.07) is 5.47. The highest BCUT2D eigenvalue weighted by Crippen LogP contribution is 2.24. The monoisotopic (exact) mass is 176 g/mol. The molecule has 0 saturated carbocycles. The summed E-state index contributed by atoms with van der Waals surface area (Å²) >= 11 is 0. The number of primary amides is 1. The molecule has 0 radical (unpaired) electrons. The van der Waals surface area contributed by atoms with Crippen molar-refractivity contribution in [2.75, 3.05) is 5.32 Å². The minimum atomic E-state index is -0.502. The highest BCUT2D eigenvalue weighted by molar-refractivity contribution is 5.87. The van der Waals surface area contributed by atoms with E-state index < -0.39 is 6.03 Å². The van der Waals surface area contributed by atoms with Crippen molar-refractivity contribution in [3.63, 3.8) is 0 Å². The Morgan fingerprint density at radius 3 is 2.85 bits per heavy atom. The first-order chi connectivity index (χ1) is 6.25. The van der Waals surface area contributed by atoms with Crippen molar-refractivity contribution >= 4 is 11.7 Å². The van der Waals surface area contributed by atoms with Crippen LogP contribution in [0.2, 0.25) is 0 Å². The number of rotatable bonds is 1. The second-order valence-corrected chi connectivity index (χ2v) is 3.33. The molecule has 3 N–H and O–H groups in total. The quantitative estimate of drug-likeness (QED) is 0.671. The summed E-state index contributed by atoms with van der Waals surface area (Å²) in [5, 5.41) is 2.57. The molecule has 0 atom stereocenters. The van der Waals surface area contributed by atoms with Crippen molar-refractivity contribution in [1.29, 1.82) is 0 Å². The average molecular weight is 176 g/mol. The van der Waals surface area contributed by atoms with Gasteiger partial charge in [-0.05, 0) is 42.5 Å². The van der Waals surface area contributed by atoms with E-state index in [0.717, 1.165) is 18.5 Å². The number of nitrogens with two attached hydrogens (primary N) is 1. The van der Waals surface area contributed by atoms with Crippen LogP contribution in [-0.2, 0) is 12.8 Å². The van der Waals surface area contributed by atoms with Gasteiger partial charge in [-0.25, -0.2) is 4.79 Å². The van der Waals surface area contributed by atoms with E-state index in [0.29, 0.717) is 0 Å². The van der Waals surface area contributed by atoms with Crippen molar-refractivity contribution in [3.05, 3.63) is 29.3 Å². The molecule has 0 spiro atoms. The molecule has 1 aliphatic carbocycles. The third kappa shape index (κ3) is 1.64. The first kappa shape index (κ1) is 8.10. The van der Waals surface area contributed by atoms with Gasteiger partial charge in [0.05, 0.1) is 0 Å². The molecule has 68 valence electrons. The van der Waals surface area contributed by atoms with Gasteiger partial charge in [0.25, 0.3) is 0 Å². The maximum Gasteiger partial charge on any atom is 0.316 e. The van der Waals surface area contributed by atoms with Gasteiger partial charge in [-0.2, -0.15) is 0 Å². The summed E-state index contributed by atoms with van der Waals surface area (Å²) < 4.78 is 0. The molecule has 0 saturated heterocycles. The summed E-state index contributed by atoms with van der Waals surface area (Å²) in [6.07, 6.45) is 3.49. The predicted molar refractivity (Wildman–Crippen MR) is 51.7 cm³/mol. The van der Waals surface area contributed by atoms with E-state index in [4.69, 9.17) is 5.73 Å². The van der Waals surface area contributed by atoms with Gasteiger partial charge in [-0.1, -0.05) is 6.07 Å². The van der Waals surface area contributed by atoms with E-state index in [1.165, 1.54) is 17.5 Å². The zero-order valence-corrected chi connectivity index (χ0v) is 7.34. The number of benzene rings is 1. The Kier molecular flexibility index (Phi) is 1.93. The lowest BCUT2D eigenvalue weighted by Gasteiger charge is -2.04. The fourth-order valence-corrected chi connectivity index (χ4v) is 1.79. The number of carbonyl (C=O) groups excluding carboxylic acids is 1. The minimum absolute atomic E-state index is 0.502. The van der Waals surface area contributed by atoms with Crippen molar-refractivity contribution in [2.24, 2.45) is 5.73 Å². The number of amides is 2. The van der Waals surface area contributed by atoms with Crippen LogP contribution < -0.4 is 11.1 Å². The molecule has 2 rings (SSSR count). The zero-order chi connectivity index (χ0) is 9.26. The summed E-state index contributed by atoms with van der Waals surface area (Å²) in [5.74, 6) is 0. The maximum atomic E-state index is 10.6. The van der Waals surface area contributed by atoms with Gasteiger partial charge >= 0.3 is 6.03 Å². The smallest absolute Gasteiger partial charge is 0.316 e. The molecule has 13 heavy (non-hydrogen) atoms. The number of anilines is 1. The Hall–Kier alpha value is -1.51. The topological polar surface area (TPSA) is 55.1 Å². The van der Waals surface area contributed by atoms with Crippen LogP contribution >= 0.6 is 0 Å². The van der Waals surface area contributed by atoms with E-state index in [1.807, 2.05) is 12.1 Å². The summed E-state index contributed by atoms with van der Waals surface area (Å²) in [4.78, 5) is 10.6. The third-order valence-electron chi connectivity index (χ3n) is 2.37. The molecule has 2 amide bonds. The number of nitrogens with one attached hydrogen (secondary N) is 1. The van der Waals surface area contributed by atoms with Crippen LogP contribution in [0.25, 0.3) is 0 Å². The Morgan fingerprint density at radius 2 is 2.08 bits per heavy atom. The van der Waals surface area contributed by atoms with Crippen LogP contribution in [0.1, 0.15) is 17.5 Å². The Labute approximate surface area is 76.9 Å². The van der Waals surface area contributed by atoms with E-state index in [-0.39, 0.29) is 0 Å². The van der Waals surface area contributed by atoms with E-state index in [2.05, 4.69) is 11.4 Å². The number of hydrogen-bond donors (Lipinski definition) is 2. The van der Waals surface area contributed by atoms with Crippen LogP contribution in [-0.4, -0.2) is 6.03 Å². The SMILES string of the molecule is NC(=O)Nc1ccc2c(c1)CCC2. The van der Waals surface area contributed by atoms with Crippen LogP contribution in [0.3, 0.4) is 0 Å². The Balaban J connectivity index is 2.25. The van der Waals surface area contributed by atoms with Crippen LogP contribution in [0, 0.1) is 0 Å². The molecule has 3 heteroatoms. The van der Waals surface area contributed by atoms with Gasteiger partial charge in [0.1, 0.15) is 0 Å². The second-order valence-electron chi connectivity index (χ2n) is 3.33. The first-order valence-electron chi connectivity index (χ1n) is 4.44. The molecule has 1 aliphatic rings. The molecular formula is C10H12N2O. The third-order valence-corrected chi connectivity index (χ3v) is 2.37. The standard InChI is InChI=1S/C10H12N2O/c11-10(13)12-9-5-4-7-2-1-3-8(7)6-9/h4-6H,1-3H2,(H3,11,12,13). The Bertz CT molecular complexity index is 347. The van der Waals surface area contributed by atoms with Crippen molar-refractivity contribution in [3.8, 4) is 0 Å². The van der Waals surface area contributed by atoms with E-state index in [1.54, 1.807) is 0 Å².